The highest BCUT2D eigenvalue weighted by atomic mass is 32.2. The van der Waals surface area contributed by atoms with Crippen LogP contribution in [0.3, 0.4) is 0 Å². The van der Waals surface area contributed by atoms with Crippen LogP contribution in [-0.4, -0.2) is 32.9 Å². The fraction of sp³-hybridized carbons (Fsp3) is 0.278. The van der Waals surface area contributed by atoms with Gasteiger partial charge in [0.15, 0.2) is 0 Å². The van der Waals surface area contributed by atoms with E-state index in [1.807, 2.05) is 48.5 Å². The molecule has 0 fully saturated rings. The molecule has 5 heteroatoms. The molecule has 0 spiro atoms. The Labute approximate surface area is 137 Å². The van der Waals surface area contributed by atoms with E-state index >= 15 is 0 Å². The van der Waals surface area contributed by atoms with Crippen LogP contribution in [0.1, 0.15) is 28.3 Å². The summed E-state index contributed by atoms with van der Waals surface area (Å²) in [4.78, 5) is 12.2. The van der Waals surface area contributed by atoms with Crippen molar-refractivity contribution in [2.75, 3.05) is 18.6 Å². The number of sulfone groups is 1. The zero-order valence-electron chi connectivity index (χ0n) is 13.1. The van der Waals surface area contributed by atoms with Crippen molar-refractivity contribution >= 4 is 15.7 Å². The average Bonchev–Trinajstić information content (AvgIpc) is 2.55. The van der Waals surface area contributed by atoms with Gasteiger partial charge in [0, 0.05) is 24.3 Å². The first-order valence-corrected chi connectivity index (χ1v) is 9.57. The van der Waals surface area contributed by atoms with Gasteiger partial charge in [-0.1, -0.05) is 48.5 Å². The molecular weight excluding hydrogens is 310 g/mol. The third-order valence-corrected chi connectivity index (χ3v) is 4.63. The van der Waals surface area contributed by atoms with Gasteiger partial charge in [0.2, 0.25) is 0 Å². The summed E-state index contributed by atoms with van der Waals surface area (Å²) < 4.78 is 22.9. The summed E-state index contributed by atoms with van der Waals surface area (Å²) in [7, 11) is -3.03. The van der Waals surface area contributed by atoms with Crippen LogP contribution in [0.4, 0.5) is 0 Å². The average molecular weight is 331 g/mol. The van der Waals surface area contributed by atoms with E-state index in [4.69, 9.17) is 0 Å². The molecule has 1 amide bonds. The Bertz CT molecular complexity index is 727. The van der Waals surface area contributed by atoms with Crippen molar-refractivity contribution in [2.45, 2.75) is 12.3 Å². The molecule has 2 aromatic rings. The molecule has 122 valence electrons. The van der Waals surface area contributed by atoms with E-state index in [1.165, 1.54) is 6.26 Å². The molecule has 0 heterocycles. The van der Waals surface area contributed by atoms with Crippen molar-refractivity contribution in [1.82, 2.24) is 5.32 Å². The maximum atomic E-state index is 12.2. The van der Waals surface area contributed by atoms with Gasteiger partial charge in [0.1, 0.15) is 9.84 Å². The second-order valence-electron chi connectivity index (χ2n) is 5.60. The second kappa shape index (κ2) is 7.92. The summed E-state index contributed by atoms with van der Waals surface area (Å²) in [5, 5.41) is 2.90. The quantitative estimate of drug-likeness (QED) is 0.848. The molecule has 0 aliphatic rings. The zero-order chi connectivity index (χ0) is 16.7. The van der Waals surface area contributed by atoms with Crippen LogP contribution < -0.4 is 5.32 Å². The number of hydrogen-bond donors (Lipinski definition) is 1. The van der Waals surface area contributed by atoms with Crippen molar-refractivity contribution in [3.63, 3.8) is 0 Å². The number of hydrogen-bond acceptors (Lipinski definition) is 3. The van der Waals surface area contributed by atoms with Gasteiger partial charge in [-0.3, -0.25) is 4.79 Å². The van der Waals surface area contributed by atoms with E-state index in [1.54, 1.807) is 12.1 Å². The molecule has 2 aromatic carbocycles. The third-order valence-electron chi connectivity index (χ3n) is 3.65. The highest BCUT2D eigenvalue weighted by Crippen LogP contribution is 2.19. The lowest BCUT2D eigenvalue weighted by Crippen LogP contribution is -2.29. The number of amides is 1. The molecule has 0 saturated heterocycles. The van der Waals surface area contributed by atoms with Gasteiger partial charge in [-0.05, 0) is 24.1 Å². The van der Waals surface area contributed by atoms with Gasteiger partial charge in [-0.15, -0.1) is 0 Å². The lowest BCUT2D eigenvalue weighted by molar-refractivity contribution is 0.0951. The Morgan fingerprint density at radius 2 is 1.57 bits per heavy atom. The van der Waals surface area contributed by atoms with Crippen molar-refractivity contribution in [3.05, 3.63) is 71.8 Å². The molecule has 1 N–H and O–H groups in total. The van der Waals surface area contributed by atoms with Crippen molar-refractivity contribution in [2.24, 2.45) is 0 Å². The van der Waals surface area contributed by atoms with Crippen LogP contribution in [0, 0.1) is 0 Å². The summed E-state index contributed by atoms with van der Waals surface area (Å²) in [6, 6.07) is 18.7. The largest absolute Gasteiger partial charge is 0.351 e. The Hall–Kier alpha value is -2.14. The van der Waals surface area contributed by atoms with Gasteiger partial charge < -0.3 is 5.32 Å². The molecule has 0 aromatic heterocycles. The topological polar surface area (TPSA) is 63.2 Å². The van der Waals surface area contributed by atoms with Gasteiger partial charge in [0.05, 0.1) is 5.75 Å². The van der Waals surface area contributed by atoms with Crippen LogP contribution in [0.25, 0.3) is 0 Å². The SMILES string of the molecule is CS(=O)(=O)CCC(CNC(=O)c1ccccc1)c1ccccc1. The van der Waals surface area contributed by atoms with Crippen LogP contribution in [0.2, 0.25) is 0 Å². The summed E-state index contributed by atoms with van der Waals surface area (Å²) >= 11 is 0. The van der Waals surface area contributed by atoms with Crippen molar-refractivity contribution in [1.29, 1.82) is 0 Å². The van der Waals surface area contributed by atoms with E-state index in [0.29, 0.717) is 18.5 Å². The molecule has 0 aliphatic carbocycles. The molecular formula is C18H21NO3S. The predicted molar refractivity (Wildman–Crippen MR) is 92.3 cm³/mol. The number of carbonyl (C=O) groups excluding carboxylic acids is 1. The molecule has 0 bridgehead atoms. The Morgan fingerprint density at radius 3 is 2.13 bits per heavy atom. The molecule has 1 atom stereocenters. The lowest BCUT2D eigenvalue weighted by Gasteiger charge is -2.18. The monoisotopic (exact) mass is 331 g/mol. The van der Waals surface area contributed by atoms with Crippen LogP contribution in [0.15, 0.2) is 60.7 Å². The van der Waals surface area contributed by atoms with Crippen LogP contribution in [-0.2, 0) is 9.84 Å². The minimum Gasteiger partial charge on any atom is -0.351 e. The first-order valence-electron chi connectivity index (χ1n) is 7.51. The molecule has 23 heavy (non-hydrogen) atoms. The summed E-state index contributed by atoms with van der Waals surface area (Å²) in [6.07, 6.45) is 1.72. The highest BCUT2D eigenvalue weighted by molar-refractivity contribution is 7.90. The van der Waals surface area contributed by atoms with E-state index in [-0.39, 0.29) is 17.6 Å². The number of carbonyl (C=O) groups is 1. The molecule has 1 unspecified atom stereocenters. The number of rotatable bonds is 7. The van der Waals surface area contributed by atoms with Gasteiger partial charge in [-0.2, -0.15) is 0 Å². The predicted octanol–water partition coefficient (Wildman–Crippen LogP) is 2.63. The molecule has 0 radical (unpaired) electrons. The fourth-order valence-corrected chi connectivity index (χ4v) is 3.09. The van der Waals surface area contributed by atoms with Gasteiger partial charge >= 0.3 is 0 Å². The van der Waals surface area contributed by atoms with Crippen molar-refractivity contribution < 1.29 is 13.2 Å². The van der Waals surface area contributed by atoms with Gasteiger partial charge in [-0.25, -0.2) is 8.42 Å². The standard InChI is InChI=1S/C18H21NO3S/c1-23(21,22)13-12-17(15-8-4-2-5-9-15)14-19-18(20)16-10-6-3-7-11-16/h2-11,17H,12-14H2,1H3,(H,19,20). The smallest absolute Gasteiger partial charge is 0.251 e. The first-order chi connectivity index (χ1) is 11.0. The summed E-state index contributed by atoms with van der Waals surface area (Å²) in [5.41, 5.74) is 1.63. The van der Waals surface area contributed by atoms with E-state index < -0.39 is 9.84 Å². The van der Waals surface area contributed by atoms with E-state index in [0.717, 1.165) is 5.56 Å². The number of nitrogens with one attached hydrogen (secondary N) is 1. The minimum atomic E-state index is -3.03. The fourth-order valence-electron chi connectivity index (χ4n) is 2.38. The van der Waals surface area contributed by atoms with E-state index in [9.17, 15) is 13.2 Å². The zero-order valence-corrected chi connectivity index (χ0v) is 13.9. The van der Waals surface area contributed by atoms with Crippen molar-refractivity contribution in [3.8, 4) is 0 Å². The Kier molecular flexibility index (Phi) is 5.93. The maximum absolute atomic E-state index is 12.2. The third kappa shape index (κ3) is 5.87. The first kappa shape index (κ1) is 17.2. The number of benzene rings is 2. The van der Waals surface area contributed by atoms with Crippen LogP contribution >= 0.6 is 0 Å². The summed E-state index contributed by atoms with van der Waals surface area (Å²) in [5.74, 6) is -0.0715. The molecule has 4 nitrogen and oxygen atoms in total. The van der Waals surface area contributed by atoms with Gasteiger partial charge in [0.25, 0.3) is 5.91 Å². The maximum Gasteiger partial charge on any atom is 0.251 e. The normalized spacial score (nSPS) is 12.6. The highest BCUT2D eigenvalue weighted by Gasteiger charge is 2.16. The van der Waals surface area contributed by atoms with Crippen LogP contribution in [0.5, 0.6) is 0 Å². The minimum absolute atomic E-state index is 0.0291. The molecule has 0 aliphatic heterocycles. The Morgan fingerprint density at radius 1 is 1.00 bits per heavy atom. The second-order valence-corrected chi connectivity index (χ2v) is 7.86. The Balaban J connectivity index is 2.04. The summed E-state index contributed by atoms with van der Waals surface area (Å²) in [6.45, 7) is 0.410. The molecule has 2 rings (SSSR count). The molecule has 0 saturated carbocycles. The lowest BCUT2D eigenvalue weighted by atomic mass is 9.96. The van der Waals surface area contributed by atoms with E-state index in [2.05, 4.69) is 5.32 Å².